The third-order valence-corrected chi connectivity index (χ3v) is 4.75. The molecule has 0 N–H and O–H groups in total. The Morgan fingerprint density at radius 1 is 0.966 bits per heavy atom. The number of carbonyl (C=O) groups excluding carboxylic acids is 1. The van der Waals surface area contributed by atoms with Crippen molar-refractivity contribution in [2.75, 3.05) is 14.1 Å². The van der Waals surface area contributed by atoms with Crippen molar-refractivity contribution >= 4 is 11.4 Å². The van der Waals surface area contributed by atoms with Crippen LogP contribution in [0.3, 0.4) is 0 Å². The number of aryl methyl sites for hydroxylation is 1. The van der Waals surface area contributed by atoms with Crippen molar-refractivity contribution in [1.29, 1.82) is 0 Å². The molecule has 0 atom stereocenters. The molecule has 3 aromatic heterocycles. The summed E-state index contributed by atoms with van der Waals surface area (Å²) in [6.07, 6.45) is 2.10. The van der Waals surface area contributed by atoms with Crippen molar-refractivity contribution in [3.8, 4) is 22.5 Å². The first-order valence-electron chi connectivity index (χ1n) is 9.36. The van der Waals surface area contributed by atoms with E-state index in [0.29, 0.717) is 5.69 Å². The van der Waals surface area contributed by atoms with E-state index in [1.54, 1.807) is 20.2 Å². The quantitative estimate of drug-likeness (QED) is 0.528. The molecule has 29 heavy (non-hydrogen) atoms. The number of hydrogen-bond donors (Lipinski definition) is 0. The molecule has 1 aromatic carbocycles. The Balaban J connectivity index is 1.83. The molecule has 0 fully saturated rings. The van der Waals surface area contributed by atoms with Crippen molar-refractivity contribution in [3.05, 3.63) is 77.2 Å². The Kier molecular flexibility index (Phi) is 4.95. The fourth-order valence-electron chi connectivity index (χ4n) is 3.22. The van der Waals surface area contributed by atoms with Crippen molar-refractivity contribution in [2.45, 2.75) is 13.0 Å². The van der Waals surface area contributed by atoms with Crippen LogP contribution in [0.15, 0.2) is 71.7 Å². The Morgan fingerprint density at radius 2 is 1.72 bits per heavy atom. The van der Waals surface area contributed by atoms with Gasteiger partial charge in [-0.3, -0.25) is 9.59 Å². The van der Waals surface area contributed by atoms with Gasteiger partial charge in [0.1, 0.15) is 5.69 Å². The van der Waals surface area contributed by atoms with Crippen molar-refractivity contribution in [1.82, 2.24) is 24.3 Å². The maximum Gasteiger partial charge on any atom is 0.266 e. The van der Waals surface area contributed by atoms with Gasteiger partial charge in [-0.25, -0.2) is 9.20 Å². The van der Waals surface area contributed by atoms with Gasteiger partial charge < -0.3 is 4.90 Å². The molecule has 146 valence electrons. The number of hydrogen-bond acceptors (Lipinski definition) is 4. The summed E-state index contributed by atoms with van der Waals surface area (Å²) in [7, 11) is 3.39. The standard InChI is InChI=1S/C22H21N5O2/c1-25(2)19(28)13-15-27-20(29)12-11-17(23-27)21-18-10-6-7-14-26(18)24-22(21)16-8-4-3-5-9-16/h3-12,14H,13,15H2,1-2H3. The molecule has 0 unspecified atom stereocenters. The van der Waals surface area contributed by atoms with Gasteiger partial charge in [-0.1, -0.05) is 36.4 Å². The van der Waals surface area contributed by atoms with E-state index >= 15 is 0 Å². The Bertz CT molecular complexity index is 1220. The SMILES string of the molecule is CN(C)C(=O)CCn1nc(-c2c(-c3ccccc3)nn3ccccc23)ccc1=O. The number of amides is 1. The number of benzene rings is 1. The summed E-state index contributed by atoms with van der Waals surface area (Å²) in [6.45, 7) is 0.226. The van der Waals surface area contributed by atoms with Crippen LogP contribution in [0.25, 0.3) is 28.0 Å². The maximum atomic E-state index is 12.3. The third kappa shape index (κ3) is 3.67. The number of rotatable bonds is 5. The third-order valence-electron chi connectivity index (χ3n) is 4.75. The van der Waals surface area contributed by atoms with E-state index < -0.39 is 0 Å². The number of nitrogens with zero attached hydrogens (tertiary/aromatic N) is 5. The van der Waals surface area contributed by atoms with Crippen LogP contribution < -0.4 is 5.56 Å². The summed E-state index contributed by atoms with van der Waals surface area (Å²) in [4.78, 5) is 25.7. The van der Waals surface area contributed by atoms with Gasteiger partial charge in [-0.15, -0.1) is 0 Å². The zero-order valence-electron chi connectivity index (χ0n) is 16.3. The Morgan fingerprint density at radius 3 is 2.48 bits per heavy atom. The molecule has 4 aromatic rings. The number of aromatic nitrogens is 4. The molecule has 0 radical (unpaired) electrons. The summed E-state index contributed by atoms with van der Waals surface area (Å²) in [6, 6.07) is 18.9. The molecular formula is C22H21N5O2. The van der Waals surface area contributed by atoms with Gasteiger partial charge in [-0.05, 0) is 18.2 Å². The van der Waals surface area contributed by atoms with E-state index in [2.05, 4.69) is 5.10 Å². The average Bonchev–Trinajstić information content (AvgIpc) is 3.13. The van der Waals surface area contributed by atoms with Crippen LogP contribution in [0.4, 0.5) is 0 Å². The van der Waals surface area contributed by atoms with Crippen LogP contribution in [0.2, 0.25) is 0 Å². The molecule has 4 rings (SSSR count). The minimum Gasteiger partial charge on any atom is -0.349 e. The molecular weight excluding hydrogens is 366 g/mol. The van der Waals surface area contributed by atoms with Crippen LogP contribution in [-0.2, 0) is 11.3 Å². The van der Waals surface area contributed by atoms with Gasteiger partial charge in [0, 0.05) is 38.3 Å². The molecule has 0 saturated carbocycles. The molecule has 1 amide bonds. The Labute approximate surface area is 167 Å². The van der Waals surface area contributed by atoms with E-state index in [9.17, 15) is 9.59 Å². The summed E-state index contributed by atoms with van der Waals surface area (Å²) in [5.41, 5.74) is 3.91. The molecule has 3 heterocycles. The van der Waals surface area contributed by atoms with E-state index in [-0.39, 0.29) is 24.4 Å². The molecule has 0 aliphatic carbocycles. The first-order chi connectivity index (χ1) is 14.0. The smallest absolute Gasteiger partial charge is 0.266 e. The molecule has 0 bridgehead atoms. The normalized spacial score (nSPS) is 11.0. The molecule has 0 saturated heterocycles. The van der Waals surface area contributed by atoms with Gasteiger partial charge in [-0.2, -0.15) is 10.2 Å². The monoisotopic (exact) mass is 387 g/mol. The van der Waals surface area contributed by atoms with Crippen LogP contribution in [0.1, 0.15) is 6.42 Å². The molecule has 7 heteroatoms. The first-order valence-corrected chi connectivity index (χ1v) is 9.36. The first kappa shape index (κ1) is 18.6. The molecule has 0 aliphatic rings. The predicted molar refractivity (Wildman–Crippen MR) is 111 cm³/mol. The van der Waals surface area contributed by atoms with Gasteiger partial charge in [0.25, 0.3) is 5.56 Å². The minimum absolute atomic E-state index is 0.0509. The second kappa shape index (κ2) is 7.71. The summed E-state index contributed by atoms with van der Waals surface area (Å²) < 4.78 is 3.16. The second-order valence-corrected chi connectivity index (χ2v) is 6.94. The number of carbonyl (C=O) groups is 1. The molecule has 0 aliphatic heterocycles. The second-order valence-electron chi connectivity index (χ2n) is 6.94. The lowest BCUT2D eigenvalue weighted by Crippen LogP contribution is -2.27. The molecule has 7 nitrogen and oxygen atoms in total. The van der Waals surface area contributed by atoms with Crippen LogP contribution >= 0.6 is 0 Å². The zero-order chi connectivity index (χ0) is 20.4. The van der Waals surface area contributed by atoms with Crippen LogP contribution in [0, 0.1) is 0 Å². The van der Waals surface area contributed by atoms with Crippen LogP contribution in [0.5, 0.6) is 0 Å². The largest absolute Gasteiger partial charge is 0.349 e. The van der Waals surface area contributed by atoms with E-state index in [1.807, 2.05) is 59.2 Å². The highest BCUT2D eigenvalue weighted by Crippen LogP contribution is 2.33. The van der Waals surface area contributed by atoms with E-state index in [0.717, 1.165) is 22.3 Å². The van der Waals surface area contributed by atoms with Gasteiger partial charge in [0.15, 0.2) is 0 Å². The number of pyridine rings is 1. The van der Waals surface area contributed by atoms with Gasteiger partial charge in [0.05, 0.1) is 23.3 Å². The highest BCUT2D eigenvalue weighted by Gasteiger charge is 2.18. The zero-order valence-corrected chi connectivity index (χ0v) is 16.3. The highest BCUT2D eigenvalue weighted by molar-refractivity contribution is 5.90. The maximum absolute atomic E-state index is 12.3. The van der Waals surface area contributed by atoms with E-state index in [1.165, 1.54) is 15.6 Å². The van der Waals surface area contributed by atoms with Crippen molar-refractivity contribution in [3.63, 3.8) is 0 Å². The Hall–Kier alpha value is -3.74. The lowest BCUT2D eigenvalue weighted by atomic mass is 10.0. The predicted octanol–water partition coefficient (Wildman–Crippen LogP) is 2.70. The van der Waals surface area contributed by atoms with Crippen molar-refractivity contribution in [2.24, 2.45) is 0 Å². The van der Waals surface area contributed by atoms with Gasteiger partial charge in [0.2, 0.25) is 5.91 Å². The summed E-state index contributed by atoms with van der Waals surface area (Å²) in [5.74, 6) is -0.0509. The number of fused-ring (bicyclic) bond motifs is 1. The lowest BCUT2D eigenvalue weighted by Gasteiger charge is -2.11. The van der Waals surface area contributed by atoms with Gasteiger partial charge >= 0.3 is 0 Å². The summed E-state index contributed by atoms with van der Waals surface area (Å²) in [5, 5.41) is 9.30. The molecule has 0 spiro atoms. The fraction of sp³-hybridized carbons (Fsp3) is 0.182. The van der Waals surface area contributed by atoms with Crippen molar-refractivity contribution < 1.29 is 4.79 Å². The highest BCUT2D eigenvalue weighted by atomic mass is 16.2. The van der Waals surface area contributed by atoms with E-state index in [4.69, 9.17) is 5.10 Å². The fourth-order valence-corrected chi connectivity index (χ4v) is 3.22. The van der Waals surface area contributed by atoms with Crippen LogP contribution in [-0.4, -0.2) is 44.3 Å². The topological polar surface area (TPSA) is 72.5 Å². The summed E-state index contributed by atoms with van der Waals surface area (Å²) >= 11 is 0. The minimum atomic E-state index is -0.238. The lowest BCUT2D eigenvalue weighted by molar-refractivity contribution is -0.128. The average molecular weight is 387 g/mol.